The smallest absolute Gasteiger partial charge is 0.165 e. The van der Waals surface area contributed by atoms with Gasteiger partial charge in [0, 0.05) is 6.42 Å². The minimum Gasteiger partial charge on any atom is -0.493 e. The molecule has 0 aromatic heterocycles. The van der Waals surface area contributed by atoms with E-state index in [1.165, 1.54) is 6.07 Å². The first-order valence-electron chi connectivity index (χ1n) is 6.30. The van der Waals surface area contributed by atoms with Crippen LogP contribution < -0.4 is 9.47 Å². The lowest BCUT2D eigenvalue weighted by atomic mass is 10.2. The molecule has 0 spiro atoms. The second-order valence-electron chi connectivity index (χ2n) is 4.12. The van der Waals surface area contributed by atoms with Gasteiger partial charge in [-0.3, -0.25) is 0 Å². The minimum atomic E-state index is -0.366. The Hall–Kier alpha value is -2.54. The quantitative estimate of drug-likeness (QED) is 0.754. The number of nitriles is 1. The predicted octanol–water partition coefficient (Wildman–Crippen LogP) is 3.55. The summed E-state index contributed by atoms with van der Waals surface area (Å²) in [6.07, 6.45) is 0.630. The highest BCUT2D eigenvalue weighted by Gasteiger charge is 2.01. The molecule has 3 nitrogen and oxygen atoms in total. The van der Waals surface area contributed by atoms with Crippen LogP contribution in [-0.2, 0) is 0 Å². The zero-order chi connectivity index (χ0) is 14.2. The van der Waals surface area contributed by atoms with Crippen molar-refractivity contribution < 1.29 is 13.9 Å². The van der Waals surface area contributed by atoms with E-state index in [1.807, 2.05) is 0 Å². The van der Waals surface area contributed by atoms with Crippen LogP contribution in [0.3, 0.4) is 0 Å². The summed E-state index contributed by atoms with van der Waals surface area (Å²) in [6, 6.07) is 15.3. The zero-order valence-electron chi connectivity index (χ0n) is 10.9. The molecule has 0 heterocycles. The molecule has 0 saturated heterocycles. The van der Waals surface area contributed by atoms with E-state index >= 15 is 0 Å². The topological polar surface area (TPSA) is 42.2 Å². The van der Waals surface area contributed by atoms with Crippen molar-refractivity contribution in [2.24, 2.45) is 0 Å². The number of rotatable bonds is 6. The molecule has 0 aliphatic carbocycles. The Kier molecular flexibility index (Phi) is 4.96. The van der Waals surface area contributed by atoms with Crippen molar-refractivity contribution in [1.29, 1.82) is 5.26 Å². The zero-order valence-corrected chi connectivity index (χ0v) is 10.9. The fourth-order valence-electron chi connectivity index (χ4n) is 1.65. The van der Waals surface area contributed by atoms with Gasteiger partial charge in [-0.25, -0.2) is 4.39 Å². The summed E-state index contributed by atoms with van der Waals surface area (Å²) in [5, 5.41) is 8.76. The van der Waals surface area contributed by atoms with E-state index in [-0.39, 0.29) is 11.6 Å². The Morgan fingerprint density at radius 3 is 2.60 bits per heavy atom. The first kappa shape index (κ1) is 13.9. The second kappa shape index (κ2) is 7.15. The average molecular weight is 271 g/mol. The molecular weight excluding hydrogens is 257 g/mol. The molecule has 0 bridgehead atoms. The van der Waals surface area contributed by atoms with Crippen LogP contribution in [0.15, 0.2) is 48.5 Å². The van der Waals surface area contributed by atoms with Gasteiger partial charge in [0.2, 0.25) is 0 Å². The van der Waals surface area contributed by atoms with Crippen LogP contribution in [0.4, 0.5) is 4.39 Å². The number of benzene rings is 2. The predicted molar refractivity (Wildman–Crippen MR) is 73.2 cm³/mol. The highest BCUT2D eigenvalue weighted by molar-refractivity contribution is 5.36. The summed E-state index contributed by atoms with van der Waals surface area (Å²) >= 11 is 0. The third kappa shape index (κ3) is 3.99. The molecule has 0 fully saturated rings. The number of hydrogen-bond donors (Lipinski definition) is 0. The molecule has 0 aliphatic heterocycles. The number of nitrogens with zero attached hydrogens (tertiary/aromatic N) is 1. The lowest BCUT2D eigenvalue weighted by Gasteiger charge is -2.08. The van der Waals surface area contributed by atoms with Gasteiger partial charge >= 0.3 is 0 Å². The number of hydrogen-bond acceptors (Lipinski definition) is 3. The second-order valence-corrected chi connectivity index (χ2v) is 4.12. The summed E-state index contributed by atoms with van der Waals surface area (Å²) in [4.78, 5) is 0. The van der Waals surface area contributed by atoms with Crippen LogP contribution in [0, 0.1) is 17.1 Å². The van der Waals surface area contributed by atoms with Crippen molar-refractivity contribution in [3.05, 3.63) is 59.9 Å². The molecule has 4 heteroatoms. The van der Waals surface area contributed by atoms with Gasteiger partial charge in [0.25, 0.3) is 0 Å². The van der Waals surface area contributed by atoms with Gasteiger partial charge in [0.05, 0.1) is 24.8 Å². The SMILES string of the molecule is N#Cc1cccc(OCCCOc2ccccc2F)c1. The van der Waals surface area contributed by atoms with E-state index in [2.05, 4.69) is 6.07 Å². The molecule has 2 rings (SSSR count). The molecule has 0 unspecified atom stereocenters. The van der Waals surface area contributed by atoms with Crippen LogP contribution in [0.5, 0.6) is 11.5 Å². The third-order valence-electron chi connectivity index (χ3n) is 2.61. The van der Waals surface area contributed by atoms with Crippen molar-refractivity contribution in [2.75, 3.05) is 13.2 Å². The maximum atomic E-state index is 13.3. The maximum absolute atomic E-state index is 13.3. The van der Waals surface area contributed by atoms with Crippen LogP contribution in [-0.4, -0.2) is 13.2 Å². The lowest BCUT2D eigenvalue weighted by molar-refractivity contribution is 0.241. The van der Waals surface area contributed by atoms with E-state index in [9.17, 15) is 4.39 Å². The van der Waals surface area contributed by atoms with E-state index in [4.69, 9.17) is 14.7 Å². The van der Waals surface area contributed by atoms with Gasteiger partial charge in [-0.2, -0.15) is 5.26 Å². The van der Waals surface area contributed by atoms with Gasteiger partial charge in [-0.05, 0) is 30.3 Å². The van der Waals surface area contributed by atoms with Gasteiger partial charge in [-0.15, -0.1) is 0 Å². The van der Waals surface area contributed by atoms with Gasteiger partial charge < -0.3 is 9.47 Å². The standard InChI is InChI=1S/C16H14FNO2/c17-15-7-1-2-8-16(15)20-10-4-9-19-14-6-3-5-13(11-14)12-18/h1-3,5-8,11H,4,9-10H2. The number of ether oxygens (including phenoxy) is 2. The van der Waals surface area contributed by atoms with Crippen LogP contribution >= 0.6 is 0 Å². The molecule has 0 aliphatic rings. The van der Waals surface area contributed by atoms with Crippen molar-refractivity contribution in [3.63, 3.8) is 0 Å². The number of para-hydroxylation sites is 1. The highest BCUT2D eigenvalue weighted by Crippen LogP contribution is 2.16. The van der Waals surface area contributed by atoms with Crippen molar-refractivity contribution in [3.8, 4) is 17.6 Å². The summed E-state index contributed by atoms with van der Waals surface area (Å²) in [5.41, 5.74) is 0.560. The molecule has 102 valence electrons. The van der Waals surface area contributed by atoms with Gasteiger partial charge in [0.1, 0.15) is 5.75 Å². The van der Waals surface area contributed by atoms with Crippen LogP contribution in [0.2, 0.25) is 0 Å². The lowest BCUT2D eigenvalue weighted by Crippen LogP contribution is -2.05. The first-order chi connectivity index (χ1) is 9.79. The Bertz CT molecular complexity index is 607. The fraction of sp³-hybridized carbons (Fsp3) is 0.188. The van der Waals surface area contributed by atoms with Gasteiger partial charge in [0.15, 0.2) is 11.6 Å². The van der Waals surface area contributed by atoms with E-state index in [0.717, 1.165) is 0 Å². The maximum Gasteiger partial charge on any atom is 0.165 e. The molecular formula is C16H14FNO2. The molecule has 0 N–H and O–H groups in total. The Balaban J connectivity index is 1.72. The molecule has 2 aromatic carbocycles. The molecule has 0 radical (unpaired) electrons. The van der Waals surface area contributed by atoms with Crippen molar-refractivity contribution >= 4 is 0 Å². The molecule has 20 heavy (non-hydrogen) atoms. The Labute approximate surface area is 117 Å². The Morgan fingerprint density at radius 2 is 1.80 bits per heavy atom. The highest BCUT2D eigenvalue weighted by atomic mass is 19.1. The van der Waals surface area contributed by atoms with Crippen LogP contribution in [0.25, 0.3) is 0 Å². The summed E-state index contributed by atoms with van der Waals surface area (Å²) < 4.78 is 24.1. The van der Waals surface area contributed by atoms with E-state index < -0.39 is 0 Å². The van der Waals surface area contributed by atoms with Crippen molar-refractivity contribution in [1.82, 2.24) is 0 Å². The average Bonchev–Trinajstić information content (AvgIpc) is 2.49. The number of halogens is 1. The molecule has 0 saturated carbocycles. The summed E-state index contributed by atoms with van der Waals surface area (Å²) in [5.74, 6) is 0.532. The first-order valence-corrected chi connectivity index (χ1v) is 6.30. The summed E-state index contributed by atoms with van der Waals surface area (Å²) in [6.45, 7) is 0.822. The normalized spacial score (nSPS) is 9.80. The summed E-state index contributed by atoms with van der Waals surface area (Å²) in [7, 11) is 0. The molecule has 0 amide bonds. The Morgan fingerprint density at radius 1 is 1.00 bits per heavy atom. The monoisotopic (exact) mass is 271 g/mol. The van der Waals surface area contributed by atoms with Crippen molar-refractivity contribution in [2.45, 2.75) is 6.42 Å². The van der Waals surface area contributed by atoms with E-state index in [0.29, 0.717) is 30.9 Å². The minimum absolute atomic E-state index is 0.249. The molecule has 0 atom stereocenters. The van der Waals surface area contributed by atoms with Crippen LogP contribution in [0.1, 0.15) is 12.0 Å². The fourth-order valence-corrected chi connectivity index (χ4v) is 1.65. The largest absolute Gasteiger partial charge is 0.493 e. The third-order valence-corrected chi connectivity index (χ3v) is 2.61. The van der Waals surface area contributed by atoms with E-state index in [1.54, 1.807) is 42.5 Å². The molecule has 2 aromatic rings. The van der Waals surface area contributed by atoms with Gasteiger partial charge in [-0.1, -0.05) is 18.2 Å².